The van der Waals surface area contributed by atoms with Crippen LogP contribution in [0.3, 0.4) is 0 Å². The lowest BCUT2D eigenvalue weighted by molar-refractivity contribution is 0.263. The van der Waals surface area contributed by atoms with Crippen LogP contribution in [0.1, 0.15) is 20.8 Å². The van der Waals surface area contributed by atoms with Crippen LogP contribution >= 0.6 is 0 Å². The Morgan fingerprint density at radius 1 is 1.33 bits per heavy atom. The number of hydrogen-bond acceptors (Lipinski definition) is 5. The average molecular weight is 289 g/mol. The monoisotopic (exact) mass is 289 g/mol. The first-order chi connectivity index (χ1) is 10.0. The van der Waals surface area contributed by atoms with Crippen molar-refractivity contribution < 1.29 is 4.74 Å². The molecule has 0 fully saturated rings. The fraction of sp³-hybridized carbons (Fsp3) is 0.467. The van der Waals surface area contributed by atoms with Crippen molar-refractivity contribution in [3.63, 3.8) is 0 Å². The zero-order chi connectivity index (χ0) is 15.2. The van der Waals surface area contributed by atoms with Gasteiger partial charge in [0.2, 0.25) is 5.88 Å². The Labute approximate surface area is 125 Å². The maximum atomic E-state index is 5.89. The van der Waals surface area contributed by atoms with Gasteiger partial charge in [-0.2, -0.15) is 10.1 Å². The number of ether oxygens (including phenoxy) is 1. The number of nitrogens with zero attached hydrogens (tertiary/aromatic N) is 3. The van der Waals surface area contributed by atoms with E-state index in [1.807, 2.05) is 29.1 Å². The first kappa shape index (κ1) is 15.2. The molecule has 0 bridgehead atoms. The summed E-state index contributed by atoms with van der Waals surface area (Å²) in [6.07, 6.45) is 3.71. The summed E-state index contributed by atoms with van der Waals surface area (Å²) in [4.78, 5) is 4.43. The van der Waals surface area contributed by atoms with Gasteiger partial charge in [-0.3, -0.25) is 4.68 Å². The zero-order valence-corrected chi connectivity index (χ0v) is 12.8. The third kappa shape index (κ3) is 4.66. The Bertz CT molecular complexity index is 553. The van der Waals surface area contributed by atoms with E-state index in [1.165, 1.54) is 0 Å². The van der Waals surface area contributed by atoms with Crippen LogP contribution in [0.2, 0.25) is 0 Å². The standard InChI is InChI=1S/C15H23N5O/c1-11(2)10-21-15-13(16)5-6-14(19-15)18-12(3)9-20-8-4-7-17-20/h4-8,11-12H,9-10,16H2,1-3H3,(H,18,19). The van der Waals surface area contributed by atoms with Crippen LogP contribution in [0, 0.1) is 5.92 Å². The number of anilines is 2. The molecule has 0 aliphatic rings. The van der Waals surface area contributed by atoms with Crippen molar-refractivity contribution in [3.05, 3.63) is 30.6 Å². The van der Waals surface area contributed by atoms with Crippen molar-refractivity contribution in [3.8, 4) is 5.88 Å². The molecule has 0 aliphatic carbocycles. The highest BCUT2D eigenvalue weighted by molar-refractivity contribution is 5.53. The number of hydrogen-bond donors (Lipinski definition) is 2. The molecule has 2 aromatic rings. The van der Waals surface area contributed by atoms with E-state index in [4.69, 9.17) is 10.5 Å². The topological polar surface area (TPSA) is 78.0 Å². The zero-order valence-electron chi connectivity index (χ0n) is 12.8. The lowest BCUT2D eigenvalue weighted by Gasteiger charge is -2.16. The maximum absolute atomic E-state index is 5.89. The minimum atomic E-state index is 0.193. The molecule has 0 saturated carbocycles. The van der Waals surface area contributed by atoms with E-state index >= 15 is 0 Å². The molecule has 0 aliphatic heterocycles. The van der Waals surface area contributed by atoms with Gasteiger partial charge in [0.25, 0.3) is 0 Å². The predicted octanol–water partition coefficient (Wildman–Crippen LogP) is 2.40. The lowest BCUT2D eigenvalue weighted by Crippen LogP contribution is -2.23. The van der Waals surface area contributed by atoms with Gasteiger partial charge in [-0.1, -0.05) is 13.8 Å². The van der Waals surface area contributed by atoms with E-state index < -0.39 is 0 Å². The van der Waals surface area contributed by atoms with E-state index in [0.717, 1.165) is 12.4 Å². The highest BCUT2D eigenvalue weighted by atomic mass is 16.5. The van der Waals surface area contributed by atoms with E-state index in [0.29, 0.717) is 24.1 Å². The molecule has 6 nitrogen and oxygen atoms in total. The number of nitrogens with two attached hydrogens (primary N) is 1. The summed E-state index contributed by atoms with van der Waals surface area (Å²) >= 11 is 0. The number of nitrogen functional groups attached to an aromatic ring is 1. The number of nitrogens with one attached hydrogen (secondary N) is 1. The van der Waals surface area contributed by atoms with Gasteiger partial charge in [-0.15, -0.1) is 0 Å². The summed E-state index contributed by atoms with van der Waals surface area (Å²) in [5, 5.41) is 7.52. The Balaban J connectivity index is 1.97. The number of rotatable bonds is 7. The normalized spacial score (nSPS) is 12.4. The molecular weight excluding hydrogens is 266 g/mol. The van der Waals surface area contributed by atoms with Crippen LogP contribution in [0.4, 0.5) is 11.5 Å². The Hall–Kier alpha value is -2.24. The molecule has 2 rings (SSSR count). The first-order valence-electron chi connectivity index (χ1n) is 7.18. The molecular formula is C15H23N5O. The molecule has 0 spiro atoms. The molecule has 2 heterocycles. The number of aromatic nitrogens is 3. The smallest absolute Gasteiger partial charge is 0.239 e. The third-order valence-electron chi connectivity index (χ3n) is 2.86. The van der Waals surface area contributed by atoms with Crippen molar-refractivity contribution in [1.82, 2.24) is 14.8 Å². The van der Waals surface area contributed by atoms with Crippen LogP contribution in [0.15, 0.2) is 30.6 Å². The van der Waals surface area contributed by atoms with E-state index in [2.05, 4.69) is 36.2 Å². The predicted molar refractivity (Wildman–Crippen MR) is 84.3 cm³/mol. The molecule has 0 saturated heterocycles. The summed E-state index contributed by atoms with van der Waals surface area (Å²) in [6.45, 7) is 7.62. The molecule has 21 heavy (non-hydrogen) atoms. The highest BCUT2D eigenvalue weighted by Gasteiger charge is 2.08. The minimum absolute atomic E-state index is 0.193. The molecule has 3 N–H and O–H groups in total. The summed E-state index contributed by atoms with van der Waals surface area (Å²) in [6, 6.07) is 5.77. The summed E-state index contributed by atoms with van der Waals surface area (Å²) in [5.74, 6) is 1.67. The first-order valence-corrected chi connectivity index (χ1v) is 7.18. The van der Waals surface area contributed by atoms with Gasteiger partial charge >= 0.3 is 0 Å². The van der Waals surface area contributed by atoms with Crippen LogP contribution in [-0.4, -0.2) is 27.4 Å². The molecule has 0 amide bonds. The van der Waals surface area contributed by atoms with Crippen LogP contribution in [-0.2, 0) is 6.54 Å². The van der Waals surface area contributed by atoms with Crippen molar-refractivity contribution in [2.45, 2.75) is 33.4 Å². The van der Waals surface area contributed by atoms with Gasteiger partial charge in [-0.05, 0) is 31.0 Å². The van der Waals surface area contributed by atoms with Gasteiger partial charge < -0.3 is 15.8 Å². The van der Waals surface area contributed by atoms with Gasteiger partial charge in [0.05, 0.1) is 18.8 Å². The SMILES string of the molecule is CC(C)COc1nc(NC(C)Cn2cccn2)ccc1N. The Morgan fingerprint density at radius 2 is 2.14 bits per heavy atom. The molecule has 6 heteroatoms. The molecule has 0 radical (unpaired) electrons. The van der Waals surface area contributed by atoms with Crippen LogP contribution in [0.25, 0.3) is 0 Å². The van der Waals surface area contributed by atoms with Gasteiger partial charge in [0, 0.05) is 18.4 Å². The fourth-order valence-electron chi connectivity index (χ4n) is 1.88. The second-order valence-corrected chi connectivity index (χ2v) is 5.57. The van der Waals surface area contributed by atoms with E-state index in [1.54, 1.807) is 6.20 Å². The molecule has 1 unspecified atom stereocenters. The molecule has 1 atom stereocenters. The maximum Gasteiger partial charge on any atom is 0.239 e. The lowest BCUT2D eigenvalue weighted by atomic mass is 10.2. The van der Waals surface area contributed by atoms with Crippen LogP contribution in [0.5, 0.6) is 5.88 Å². The van der Waals surface area contributed by atoms with E-state index in [9.17, 15) is 0 Å². The molecule has 114 valence electrons. The largest absolute Gasteiger partial charge is 0.476 e. The van der Waals surface area contributed by atoms with Crippen molar-refractivity contribution >= 4 is 11.5 Å². The minimum Gasteiger partial charge on any atom is -0.476 e. The summed E-state index contributed by atoms with van der Waals surface area (Å²) in [5.41, 5.74) is 6.44. The fourth-order valence-corrected chi connectivity index (χ4v) is 1.88. The third-order valence-corrected chi connectivity index (χ3v) is 2.86. The van der Waals surface area contributed by atoms with Gasteiger partial charge in [0.15, 0.2) is 0 Å². The van der Waals surface area contributed by atoms with Crippen molar-refractivity contribution in [2.24, 2.45) is 5.92 Å². The summed E-state index contributed by atoms with van der Waals surface area (Å²) in [7, 11) is 0. The van der Waals surface area contributed by atoms with Gasteiger partial charge in [0.1, 0.15) is 5.82 Å². The highest BCUT2D eigenvalue weighted by Crippen LogP contribution is 2.21. The Kier molecular flexibility index (Phi) is 5.03. The second kappa shape index (κ2) is 6.97. The number of pyridine rings is 1. The Morgan fingerprint density at radius 3 is 2.81 bits per heavy atom. The molecule has 0 aromatic carbocycles. The van der Waals surface area contributed by atoms with Crippen molar-refractivity contribution in [2.75, 3.05) is 17.7 Å². The van der Waals surface area contributed by atoms with Crippen molar-refractivity contribution in [1.29, 1.82) is 0 Å². The second-order valence-electron chi connectivity index (χ2n) is 5.57. The quantitative estimate of drug-likeness (QED) is 0.818. The van der Waals surface area contributed by atoms with E-state index in [-0.39, 0.29) is 6.04 Å². The molecule has 2 aromatic heterocycles. The van der Waals surface area contributed by atoms with Gasteiger partial charge in [-0.25, -0.2) is 0 Å². The average Bonchev–Trinajstić information content (AvgIpc) is 2.92. The van der Waals surface area contributed by atoms with Crippen LogP contribution < -0.4 is 15.8 Å². The summed E-state index contributed by atoms with van der Waals surface area (Å²) < 4.78 is 7.51.